The van der Waals surface area contributed by atoms with Gasteiger partial charge >= 0.3 is 0 Å². The van der Waals surface area contributed by atoms with Gasteiger partial charge in [0.15, 0.2) is 5.65 Å². The van der Waals surface area contributed by atoms with Crippen molar-refractivity contribution in [2.75, 3.05) is 0 Å². The van der Waals surface area contributed by atoms with E-state index < -0.39 is 0 Å². The van der Waals surface area contributed by atoms with Crippen LogP contribution in [0.5, 0.6) is 0 Å². The van der Waals surface area contributed by atoms with Gasteiger partial charge in [0.2, 0.25) is 0 Å². The van der Waals surface area contributed by atoms with Crippen molar-refractivity contribution in [2.24, 2.45) is 0 Å². The highest BCUT2D eigenvalue weighted by molar-refractivity contribution is 6.02. The standard InChI is InChI=1S/C21H20N6O/c1-3-7-15-10-23-27-18-16-12-24-26(13(2)14-8-5-4-6-9-14)20(16)22-11-17(18)21(28)25-19(15)27/h4-6,8-13H,3,7H2,1-2H3,(H,25,28). The molecule has 0 fully saturated rings. The number of nitrogens with zero attached hydrogens (tertiary/aromatic N) is 5. The minimum absolute atomic E-state index is 0.0226. The lowest BCUT2D eigenvalue weighted by Crippen LogP contribution is -2.12. The van der Waals surface area contributed by atoms with E-state index in [0.717, 1.165) is 46.2 Å². The molecule has 1 N–H and O–H groups in total. The van der Waals surface area contributed by atoms with E-state index in [2.05, 4.69) is 46.1 Å². The summed E-state index contributed by atoms with van der Waals surface area (Å²) in [5, 5.41) is 10.5. The van der Waals surface area contributed by atoms with Crippen LogP contribution in [0.3, 0.4) is 0 Å². The van der Waals surface area contributed by atoms with Crippen LogP contribution in [0.2, 0.25) is 0 Å². The maximum atomic E-state index is 12.7. The molecule has 0 aliphatic carbocycles. The number of rotatable bonds is 4. The van der Waals surface area contributed by atoms with Crippen molar-refractivity contribution < 1.29 is 0 Å². The zero-order valence-corrected chi connectivity index (χ0v) is 15.8. The molecule has 0 bridgehead atoms. The van der Waals surface area contributed by atoms with Crippen molar-refractivity contribution in [2.45, 2.75) is 32.7 Å². The molecular formula is C21H20N6O. The Labute approximate surface area is 160 Å². The largest absolute Gasteiger partial charge is 0.306 e. The third-order valence-corrected chi connectivity index (χ3v) is 5.30. The molecule has 4 aromatic heterocycles. The van der Waals surface area contributed by atoms with Gasteiger partial charge in [0.05, 0.1) is 34.7 Å². The minimum atomic E-state index is -0.154. The van der Waals surface area contributed by atoms with Gasteiger partial charge in [0.1, 0.15) is 5.65 Å². The highest BCUT2D eigenvalue weighted by atomic mass is 16.1. The van der Waals surface area contributed by atoms with Crippen LogP contribution in [0, 0.1) is 0 Å². The molecular weight excluding hydrogens is 352 g/mol. The van der Waals surface area contributed by atoms with Crippen LogP contribution >= 0.6 is 0 Å². The molecule has 0 saturated heterocycles. The summed E-state index contributed by atoms with van der Waals surface area (Å²) >= 11 is 0. The minimum Gasteiger partial charge on any atom is -0.306 e. The van der Waals surface area contributed by atoms with Crippen molar-refractivity contribution in [1.82, 2.24) is 29.4 Å². The Balaban J connectivity index is 1.81. The summed E-state index contributed by atoms with van der Waals surface area (Å²) in [5.74, 6) is 0. The van der Waals surface area contributed by atoms with Crippen LogP contribution in [-0.2, 0) is 6.42 Å². The first-order valence-corrected chi connectivity index (χ1v) is 9.48. The molecule has 140 valence electrons. The molecule has 5 aromatic rings. The molecule has 7 heteroatoms. The van der Waals surface area contributed by atoms with Crippen LogP contribution in [0.1, 0.15) is 37.4 Å². The Morgan fingerprint density at radius 1 is 1.07 bits per heavy atom. The van der Waals surface area contributed by atoms with Crippen LogP contribution in [-0.4, -0.2) is 29.4 Å². The SMILES string of the molecule is CCCc1cnn2c1[nH]c(=O)c1cnc3c(cnn3C(C)c3ccccc3)c12. The Bertz CT molecular complexity index is 1360. The van der Waals surface area contributed by atoms with Gasteiger partial charge in [-0.3, -0.25) is 4.79 Å². The first-order valence-electron chi connectivity index (χ1n) is 9.48. The third-order valence-electron chi connectivity index (χ3n) is 5.30. The predicted octanol–water partition coefficient (Wildman–Crippen LogP) is 3.48. The van der Waals surface area contributed by atoms with Crippen LogP contribution in [0.4, 0.5) is 0 Å². The Hall–Kier alpha value is -3.48. The molecule has 5 rings (SSSR count). The molecule has 28 heavy (non-hydrogen) atoms. The summed E-state index contributed by atoms with van der Waals surface area (Å²) in [5.41, 5.74) is 4.27. The summed E-state index contributed by atoms with van der Waals surface area (Å²) in [6.45, 7) is 4.20. The summed E-state index contributed by atoms with van der Waals surface area (Å²) < 4.78 is 3.71. The fraction of sp³-hybridized carbons (Fsp3) is 0.238. The number of aryl methyl sites for hydroxylation is 1. The highest BCUT2D eigenvalue weighted by Gasteiger charge is 2.18. The number of benzene rings is 1. The van der Waals surface area contributed by atoms with Gasteiger partial charge in [-0.15, -0.1) is 0 Å². The van der Waals surface area contributed by atoms with Gasteiger partial charge < -0.3 is 4.98 Å². The predicted molar refractivity (Wildman–Crippen MR) is 109 cm³/mol. The van der Waals surface area contributed by atoms with Gasteiger partial charge in [0, 0.05) is 11.8 Å². The van der Waals surface area contributed by atoms with E-state index in [1.165, 1.54) is 0 Å². The van der Waals surface area contributed by atoms with E-state index in [9.17, 15) is 4.79 Å². The molecule has 0 aliphatic rings. The number of hydrogen-bond acceptors (Lipinski definition) is 4. The maximum Gasteiger partial charge on any atom is 0.260 e. The van der Waals surface area contributed by atoms with Crippen molar-refractivity contribution in [3.8, 4) is 0 Å². The molecule has 4 heterocycles. The quantitative estimate of drug-likeness (QED) is 0.524. The maximum absolute atomic E-state index is 12.7. The second-order valence-corrected chi connectivity index (χ2v) is 7.07. The molecule has 0 aliphatic heterocycles. The highest BCUT2D eigenvalue weighted by Crippen LogP contribution is 2.26. The number of pyridine rings is 1. The van der Waals surface area contributed by atoms with E-state index in [0.29, 0.717) is 5.39 Å². The van der Waals surface area contributed by atoms with Crippen LogP contribution < -0.4 is 5.56 Å². The van der Waals surface area contributed by atoms with Crippen molar-refractivity contribution in [3.05, 3.63) is 70.4 Å². The smallest absolute Gasteiger partial charge is 0.260 e. The lowest BCUT2D eigenvalue weighted by Gasteiger charge is -2.13. The molecule has 1 aromatic carbocycles. The van der Waals surface area contributed by atoms with Crippen molar-refractivity contribution >= 4 is 27.6 Å². The Morgan fingerprint density at radius 2 is 1.89 bits per heavy atom. The molecule has 1 unspecified atom stereocenters. The number of aromatic nitrogens is 6. The first-order chi connectivity index (χ1) is 13.7. The average molecular weight is 372 g/mol. The molecule has 0 spiro atoms. The number of nitrogens with one attached hydrogen (secondary N) is 1. The van der Waals surface area contributed by atoms with E-state index in [-0.39, 0.29) is 11.6 Å². The van der Waals surface area contributed by atoms with E-state index in [4.69, 9.17) is 0 Å². The summed E-state index contributed by atoms with van der Waals surface area (Å²) in [6.07, 6.45) is 7.08. The van der Waals surface area contributed by atoms with Crippen molar-refractivity contribution in [1.29, 1.82) is 0 Å². The normalized spacial score (nSPS) is 12.9. The topological polar surface area (TPSA) is 80.9 Å². The summed E-state index contributed by atoms with van der Waals surface area (Å²) in [7, 11) is 0. The Kier molecular flexibility index (Phi) is 3.75. The number of fused-ring (bicyclic) bond motifs is 5. The molecule has 7 nitrogen and oxygen atoms in total. The number of H-pyrrole nitrogens is 1. The van der Waals surface area contributed by atoms with Gasteiger partial charge in [-0.1, -0.05) is 43.7 Å². The fourth-order valence-electron chi connectivity index (χ4n) is 3.85. The second-order valence-electron chi connectivity index (χ2n) is 7.07. The van der Waals surface area contributed by atoms with Crippen molar-refractivity contribution in [3.63, 3.8) is 0 Å². The monoisotopic (exact) mass is 372 g/mol. The van der Waals surface area contributed by atoms with Crippen LogP contribution in [0.15, 0.2) is 53.7 Å². The Morgan fingerprint density at radius 3 is 2.68 bits per heavy atom. The molecule has 1 atom stereocenters. The number of aromatic amines is 1. The van der Waals surface area contributed by atoms with Gasteiger partial charge in [-0.25, -0.2) is 14.2 Å². The molecule has 0 saturated carbocycles. The summed E-state index contributed by atoms with van der Waals surface area (Å²) in [6, 6.07) is 10.2. The molecule has 0 radical (unpaired) electrons. The average Bonchev–Trinajstić information content (AvgIpc) is 3.33. The van der Waals surface area contributed by atoms with E-state index in [1.807, 2.05) is 33.6 Å². The lowest BCUT2D eigenvalue weighted by molar-refractivity contribution is 0.579. The van der Waals surface area contributed by atoms with E-state index >= 15 is 0 Å². The third kappa shape index (κ3) is 2.36. The first kappa shape index (κ1) is 16.7. The van der Waals surface area contributed by atoms with Gasteiger partial charge in [0.25, 0.3) is 5.56 Å². The number of hydrogen-bond donors (Lipinski definition) is 1. The van der Waals surface area contributed by atoms with Gasteiger partial charge in [-0.2, -0.15) is 10.2 Å². The molecule has 0 amide bonds. The summed E-state index contributed by atoms with van der Waals surface area (Å²) in [4.78, 5) is 20.2. The zero-order valence-electron chi connectivity index (χ0n) is 15.8. The van der Waals surface area contributed by atoms with Gasteiger partial charge in [-0.05, 0) is 18.9 Å². The second kappa shape index (κ2) is 6.30. The fourth-order valence-corrected chi connectivity index (χ4v) is 3.85. The zero-order chi connectivity index (χ0) is 19.3. The van der Waals surface area contributed by atoms with Crippen LogP contribution in [0.25, 0.3) is 27.6 Å². The van der Waals surface area contributed by atoms with E-state index in [1.54, 1.807) is 12.4 Å². The lowest BCUT2D eigenvalue weighted by atomic mass is 10.1.